The Balaban J connectivity index is 2.05. The van der Waals surface area contributed by atoms with Crippen molar-refractivity contribution in [2.75, 3.05) is 5.32 Å². The molecule has 5 nitrogen and oxygen atoms in total. The van der Waals surface area contributed by atoms with Crippen molar-refractivity contribution in [1.29, 1.82) is 0 Å². The molecular formula is C16H15FN4OS. The van der Waals surface area contributed by atoms with Gasteiger partial charge in [-0.25, -0.2) is 4.39 Å². The van der Waals surface area contributed by atoms with Crippen LogP contribution in [0.4, 0.5) is 10.1 Å². The maximum absolute atomic E-state index is 12.8. The summed E-state index contributed by atoms with van der Waals surface area (Å²) >= 11 is 4.68. The lowest BCUT2D eigenvalue weighted by molar-refractivity contribution is 0.102. The highest BCUT2D eigenvalue weighted by Gasteiger charge is 2.06. The number of hydrazone groups is 1. The van der Waals surface area contributed by atoms with Crippen molar-refractivity contribution in [2.24, 2.45) is 10.8 Å². The van der Waals surface area contributed by atoms with Crippen molar-refractivity contribution in [1.82, 2.24) is 5.43 Å². The second kappa shape index (κ2) is 7.46. The molecule has 2 aromatic rings. The number of rotatable bonds is 4. The van der Waals surface area contributed by atoms with Crippen LogP contribution in [0.15, 0.2) is 53.6 Å². The number of carbonyl (C=O) groups excluding carboxylic acids is 1. The zero-order valence-electron chi connectivity index (χ0n) is 12.3. The normalized spacial score (nSPS) is 11.0. The van der Waals surface area contributed by atoms with E-state index in [1.54, 1.807) is 31.2 Å². The third-order valence-corrected chi connectivity index (χ3v) is 3.09. The fourth-order valence-corrected chi connectivity index (χ4v) is 1.85. The first-order valence-electron chi connectivity index (χ1n) is 6.73. The Morgan fingerprint density at radius 2 is 1.65 bits per heavy atom. The molecule has 0 atom stereocenters. The van der Waals surface area contributed by atoms with Crippen LogP contribution in [0.25, 0.3) is 0 Å². The molecular weight excluding hydrogens is 315 g/mol. The molecule has 0 heterocycles. The van der Waals surface area contributed by atoms with Gasteiger partial charge in [0.25, 0.3) is 5.91 Å². The molecule has 23 heavy (non-hydrogen) atoms. The monoisotopic (exact) mass is 330 g/mol. The molecule has 0 aliphatic rings. The molecule has 0 saturated carbocycles. The number of hydrogen-bond donors (Lipinski definition) is 3. The zero-order chi connectivity index (χ0) is 16.8. The molecule has 0 unspecified atom stereocenters. The van der Waals surface area contributed by atoms with Gasteiger partial charge in [-0.1, -0.05) is 12.1 Å². The summed E-state index contributed by atoms with van der Waals surface area (Å²) in [5.74, 6) is -0.690. The first-order chi connectivity index (χ1) is 11.0. The Kier molecular flexibility index (Phi) is 5.37. The number of benzene rings is 2. The van der Waals surface area contributed by atoms with Crippen LogP contribution in [0.5, 0.6) is 0 Å². The minimum Gasteiger partial charge on any atom is -0.375 e. The molecule has 4 N–H and O–H groups in total. The summed E-state index contributed by atoms with van der Waals surface area (Å²) in [6.45, 7) is 1.80. The van der Waals surface area contributed by atoms with E-state index >= 15 is 0 Å². The molecule has 0 aromatic heterocycles. The predicted molar refractivity (Wildman–Crippen MR) is 92.9 cm³/mol. The fourth-order valence-electron chi connectivity index (χ4n) is 1.80. The van der Waals surface area contributed by atoms with Gasteiger partial charge in [0.15, 0.2) is 5.11 Å². The standard InChI is InChI=1S/C16H15FN4OS/c1-10(20-21-16(18)23)11-4-8-14(9-5-11)19-15(22)12-2-6-13(17)7-3-12/h2-9H,1H3,(H,19,22)(H3,18,21,23). The van der Waals surface area contributed by atoms with Gasteiger partial charge < -0.3 is 11.1 Å². The minimum absolute atomic E-state index is 0.0903. The first kappa shape index (κ1) is 16.6. The molecule has 0 aliphatic carbocycles. The van der Waals surface area contributed by atoms with Gasteiger partial charge in [-0.3, -0.25) is 10.2 Å². The Bertz CT molecular complexity index is 742. The summed E-state index contributed by atoms with van der Waals surface area (Å²) < 4.78 is 12.8. The molecule has 0 fully saturated rings. The third kappa shape index (κ3) is 4.86. The Morgan fingerprint density at radius 3 is 2.22 bits per heavy atom. The van der Waals surface area contributed by atoms with Crippen LogP contribution in [0.2, 0.25) is 0 Å². The second-order valence-electron chi connectivity index (χ2n) is 4.71. The van der Waals surface area contributed by atoms with Crippen LogP contribution in [-0.4, -0.2) is 16.7 Å². The highest BCUT2D eigenvalue weighted by molar-refractivity contribution is 7.80. The van der Waals surface area contributed by atoms with Crippen LogP contribution < -0.4 is 16.5 Å². The lowest BCUT2D eigenvalue weighted by Gasteiger charge is -2.07. The molecule has 118 valence electrons. The van der Waals surface area contributed by atoms with E-state index in [-0.39, 0.29) is 16.8 Å². The van der Waals surface area contributed by atoms with Gasteiger partial charge in [0, 0.05) is 11.3 Å². The van der Waals surface area contributed by atoms with Crippen molar-refractivity contribution < 1.29 is 9.18 Å². The summed E-state index contributed by atoms with van der Waals surface area (Å²) in [4.78, 5) is 12.0. The van der Waals surface area contributed by atoms with E-state index in [4.69, 9.17) is 5.73 Å². The number of hydrogen-bond acceptors (Lipinski definition) is 3. The quantitative estimate of drug-likeness (QED) is 0.457. The van der Waals surface area contributed by atoms with Gasteiger partial charge in [0.1, 0.15) is 5.82 Å². The van der Waals surface area contributed by atoms with E-state index < -0.39 is 0 Å². The minimum atomic E-state index is -0.383. The number of halogens is 1. The Labute approximate surface area is 138 Å². The number of anilines is 1. The highest BCUT2D eigenvalue weighted by atomic mass is 32.1. The van der Waals surface area contributed by atoms with Crippen LogP contribution in [0.3, 0.4) is 0 Å². The fraction of sp³-hybridized carbons (Fsp3) is 0.0625. The van der Waals surface area contributed by atoms with Crippen molar-refractivity contribution in [2.45, 2.75) is 6.92 Å². The number of thiocarbonyl (C=S) groups is 1. The number of carbonyl (C=O) groups is 1. The summed E-state index contributed by atoms with van der Waals surface area (Å²) in [6, 6.07) is 12.4. The molecule has 0 bridgehead atoms. The molecule has 0 aliphatic heterocycles. The van der Waals surface area contributed by atoms with Gasteiger partial charge in [-0.05, 0) is 61.1 Å². The van der Waals surface area contributed by atoms with Crippen LogP contribution in [-0.2, 0) is 0 Å². The smallest absolute Gasteiger partial charge is 0.255 e. The first-order valence-corrected chi connectivity index (χ1v) is 7.13. The Hall–Kier alpha value is -2.80. The molecule has 1 amide bonds. The molecule has 0 spiro atoms. The van der Waals surface area contributed by atoms with E-state index in [1.807, 2.05) is 0 Å². The van der Waals surface area contributed by atoms with Crippen LogP contribution >= 0.6 is 12.2 Å². The van der Waals surface area contributed by atoms with Gasteiger partial charge in [0.05, 0.1) is 5.71 Å². The van der Waals surface area contributed by atoms with Crippen molar-refractivity contribution in [3.63, 3.8) is 0 Å². The lowest BCUT2D eigenvalue weighted by atomic mass is 10.1. The molecule has 0 radical (unpaired) electrons. The molecule has 7 heteroatoms. The van der Waals surface area contributed by atoms with E-state index in [0.29, 0.717) is 17.0 Å². The molecule has 2 aromatic carbocycles. The number of nitrogens with one attached hydrogen (secondary N) is 2. The van der Waals surface area contributed by atoms with Crippen molar-refractivity contribution in [3.8, 4) is 0 Å². The van der Waals surface area contributed by atoms with Crippen LogP contribution in [0.1, 0.15) is 22.8 Å². The van der Waals surface area contributed by atoms with E-state index in [9.17, 15) is 9.18 Å². The number of nitrogens with two attached hydrogens (primary N) is 1. The van der Waals surface area contributed by atoms with Gasteiger partial charge in [0.2, 0.25) is 0 Å². The van der Waals surface area contributed by atoms with E-state index in [0.717, 1.165) is 5.56 Å². The van der Waals surface area contributed by atoms with Gasteiger partial charge >= 0.3 is 0 Å². The van der Waals surface area contributed by atoms with Gasteiger partial charge in [-0.2, -0.15) is 5.10 Å². The zero-order valence-corrected chi connectivity index (χ0v) is 13.2. The molecule has 0 saturated heterocycles. The maximum atomic E-state index is 12.8. The SMILES string of the molecule is CC(=NNC(N)=S)c1ccc(NC(=O)c2ccc(F)cc2)cc1. The average molecular weight is 330 g/mol. The van der Waals surface area contributed by atoms with E-state index in [2.05, 4.69) is 28.1 Å². The predicted octanol–water partition coefficient (Wildman–Crippen LogP) is 2.64. The summed E-state index contributed by atoms with van der Waals surface area (Å²) in [7, 11) is 0. The highest BCUT2D eigenvalue weighted by Crippen LogP contribution is 2.12. The number of nitrogens with zero attached hydrogens (tertiary/aromatic N) is 1. The summed E-state index contributed by atoms with van der Waals surface area (Å²) in [5.41, 5.74) is 10.4. The maximum Gasteiger partial charge on any atom is 0.255 e. The van der Waals surface area contributed by atoms with E-state index in [1.165, 1.54) is 24.3 Å². The van der Waals surface area contributed by atoms with Crippen molar-refractivity contribution >= 4 is 34.6 Å². The third-order valence-electron chi connectivity index (χ3n) is 3.00. The average Bonchev–Trinajstić information content (AvgIpc) is 2.54. The second-order valence-corrected chi connectivity index (χ2v) is 5.15. The Morgan fingerprint density at radius 1 is 1.09 bits per heavy atom. The van der Waals surface area contributed by atoms with Gasteiger partial charge in [-0.15, -0.1) is 0 Å². The lowest BCUT2D eigenvalue weighted by Crippen LogP contribution is -2.25. The van der Waals surface area contributed by atoms with Crippen molar-refractivity contribution in [3.05, 3.63) is 65.5 Å². The number of amides is 1. The topological polar surface area (TPSA) is 79.5 Å². The summed E-state index contributed by atoms with van der Waals surface area (Å²) in [5, 5.41) is 6.84. The molecule has 2 rings (SSSR count). The summed E-state index contributed by atoms with van der Waals surface area (Å²) in [6.07, 6.45) is 0. The van der Waals surface area contributed by atoms with Crippen LogP contribution in [0, 0.1) is 5.82 Å². The largest absolute Gasteiger partial charge is 0.375 e.